The first kappa shape index (κ1) is 16.9. The molecule has 1 saturated carbocycles. The smallest absolute Gasteiger partial charge is 0.211 e. The minimum atomic E-state index is -3.05. The molecule has 0 aliphatic heterocycles. The van der Waals surface area contributed by atoms with Gasteiger partial charge in [-0.3, -0.25) is 0 Å². The topological polar surface area (TPSA) is 58.2 Å². The molecule has 1 rings (SSSR count). The second-order valence-corrected chi connectivity index (χ2v) is 7.55. The van der Waals surface area contributed by atoms with E-state index in [2.05, 4.69) is 17.0 Å². The van der Waals surface area contributed by atoms with Crippen LogP contribution in [0.25, 0.3) is 0 Å². The molecule has 0 unspecified atom stereocenters. The second-order valence-electron chi connectivity index (χ2n) is 5.63. The first-order chi connectivity index (χ1) is 9.14. The summed E-state index contributed by atoms with van der Waals surface area (Å²) in [4.78, 5) is 0. The molecule has 0 aromatic rings. The van der Waals surface area contributed by atoms with Crippen molar-refractivity contribution in [3.05, 3.63) is 0 Å². The Morgan fingerprint density at radius 2 is 1.79 bits per heavy atom. The zero-order valence-electron chi connectivity index (χ0n) is 12.3. The number of hydrogen-bond acceptors (Lipinski definition) is 3. The molecule has 0 amide bonds. The molecule has 0 aromatic heterocycles. The Morgan fingerprint density at radius 3 is 2.47 bits per heavy atom. The van der Waals surface area contributed by atoms with Gasteiger partial charge in [-0.1, -0.05) is 26.2 Å². The Morgan fingerprint density at radius 1 is 1.05 bits per heavy atom. The molecule has 114 valence electrons. The van der Waals surface area contributed by atoms with E-state index in [9.17, 15) is 8.42 Å². The van der Waals surface area contributed by atoms with Crippen LogP contribution in [-0.2, 0) is 10.0 Å². The molecule has 0 saturated heterocycles. The maximum Gasteiger partial charge on any atom is 0.211 e. The summed E-state index contributed by atoms with van der Waals surface area (Å²) in [6.07, 6.45) is 9.01. The van der Waals surface area contributed by atoms with E-state index >= 15 is 0 Å². The van der Waals surface area contributed by atoms with E-state index in [1.165, 1.54) is 32.1 Å². The fourth-order valence-electron chi connectivity index (χ4n) is 2.55. The van der Waals surface area contributed by atoms with Gasteiger partial charge in [-0.2, -0.15) is 0 Å². The Bertz CT molecular complexity index is 311. The van der Waals surface area contributed by atoms with E-state index in [1.807, 2.05) is 0 Å². The minimum Gasteiger partial charge on any atom is -0.317 e. The molecule has 4 nitrogen and oxygen atoms in total. The Labute approximate surface area is 118 Å². The van der Waals surface area contributed by atoms with E-state index in [-0.39, 0.29) is 5.75 Å². The van der Waals surface area contributed by atoms with Crippen molar-refractivity contribution in [2.45, 2.75) is 58.3 Å². The lowest BCUT2D eigenvalue weighted by Gasteiger charge is -2.21. The highest BCUT2D eigenvalue weighted by Crippen LogP contribution is 2.22. The lowest BCUT2D eigenvalue weighted by Crippen LogP contribution is -2.32. The maximum atomic E-state index is 11.8. The summed E-state index contributed by atoms with van der Waals surface area (Å²) in [7, 11) is -3.05. The van der Waals surface area contributed by atoms with Crippen molar-refractivity contribution in [3.8, 4) is 0 Å². The van der Waals surface area contributed by atoms with Gasteiger partial charge in [0.2, 0.25) is 10.0 Å². The minimum absolute atomic E-state index is 0.271. The Hall–Kier alpha value is -0.130. The van der Waals surface area contributed by atoms with E-state index in [4.69, 9.17) is 0 Å². The van der Waals surface area contributed by atoms with Crippen LogP contribution in [0.5, 0.6) is 0 Å². The van der Waals surface area contributed by atoms with Crippen LogP contribution in [-0.4, -0.2) is 33.8 Å². The van der Waals surface area contributed by atoms with Gasteiger partial charge in [0.05, 0.1) is 5.75 Å². The molecule has 1 aliphatic rings. The van der Waals surface area contributed by atoms with Gasteiger partial charge in [0.15, 0.2) is 0 Å². The lowest BCUT2D eigenvalue weighted by atomic mass is 9.90. The van der Waals surface area contributed by atoms with Crippen molar-refractivity contribution in [1.29, 1.82) is 0 Å². The molecule has 2 N–H and O–H groups in total. The molecule has 1 fully saturated rings. The average molecular weight is 290 g/mol. The third kappa shape index (κ3) is 8.60. The number of unbranched alkanes of at least 4 members (excludes halogenated alkanes) is 1. The van der Waals surface area contributed by atoms with Gasteiger partial charge in [-0.25, -0.2) is 13.1 Å². The molecule has 0 atom stereocenters. The van der Waals surface area contributed by atoms with Crippen LogP contribution < -0.4 is 10.0 Å². The third-order valence-electron chi connectivity index (χ3n) is 3.76. The van der Waals surface area contributed by atoms with Crippen LogP contribution in [0.2, 0.25) is 0 Å². The molecular weight excluding hydrogens is 260 g/mol. The van der Waals surface area contributed by atoms with Crippen LogP contribution in [0.15, 0.2) is 0 Å². The van der Waals surface area contributed by atoms with Gasteiger partial charge in [0.25, 0.3) is 0 Å². The zero-order chi connectivity index (χ0) is 14.0. The van der Waals surface area contributed by atoms with Gasteiger partial charge >= 0.3 is 0 Å². The molecule has 1 aliphatic carbocycles. The number of hydrogen-bond donors (Lipinski definition) is 2. The van der Waals surface area contributed by atoms with Crippen LogP contribution in [0.1, 0.15) is 58.3 Å². The lowest BCUT2D eigenvalue weighted by molar-refractivity contribution is 0.357. The summed E-state index contributed by atoms with van der Waals surface area (Å²) < 4.78 is 26.4. The first-order valence-electron chi connectivity index (χ1n) is 7.82. The summed E-state index contributed by atoms with van der Waals surface area (Å²) in [6, 6.07) is 0. The Kier molecular flexibility index (Phi) is 8.66. The van der Waals surface area contributed by atoms with Gasteiger partial charge in [0, 0.05) is 6.54 Å². The normalized spacial score (nSPS) is 17.7. The van der Waals surface area contributed by atoms with Crippen molar-refractivity contribution >= 4 is 10.0 Å². The van der Waals surface area contributed by atoms with Gasteiger partial charge in [-0.15, -0.1) is 0 Å². The monoisotopic (exact) mass is 290 g/mol. The summed E-state index contributed by atoms with van der Waals surface area (Å²) in [5.74, 6) is 0.836. The highest BCUT2D eigenvalue weighted by atomic mass is 32.2. The van der Waals surface area contributed by atoms with E-state index in [1.54, 1.807) is 0 Å². The maximum absolute atomic E-state index is 11.8. The second kappa shape index (κ2) is 9.72. The third-order valence-corrected chi connectivity index (χ3v) is 5.19. The molecule has 0 bridgehead atoms. The fraction of sp³-hybridized carbons (Fsp3) is 1.00. The number of rotatable bonds is 10. The summed E-state index contributed by atoms with van der Waals surface area (Å²) in [5.41, 5.74) is 0. The van der Waals surface area contributed by atoms with Crippen molar-refractivity contribution in [3.63, 3.8) is 0 Å². The van der Waals surface area contributed by atoms with Crippen molar-refractivity contribution in [1.82, 2.24) is 10.0 Å². The molecule has 0 heterocycles. The Balaban J connectivity index is 2.06. The molecule has 19 heavy (non-hydrogen) atoms. The average Bonchev–Trinajstić information content (AvgIpc) is 2.42. The summed E-state index contributed by atoms with van der Waals surface area (Å²) >= 11 is 0. The number of sulfonamides is 1. The highest BCUT2D eigenvalue weighted by Gasteiger charge is 2.16. The van der Waals surface area contributed by atoms with Gasteiger partial charge < -0.3 is 5.32 Å². The van der Waals surface area contributed by atoms with Gasteiger partial charge in [0.1, 0.15) is 0 Å². The highest BCUT2D eigenvalue weighted by molar-refractivity contribution is 7.89. The SMILES string of the molecule is CCCNCCCCS(=O)(=O)NCC1CCCCC1. The molecule has 0 radical (unpaired) electrons. The predicted octanol–water partition coefficient (Wildman–Crippen LogP) is 2.27. The van der Waals surface area contributed by atoms with Crippen molar-refractivity contribution in [2.24, 2.45) is 5.92 Å². The van der Waals surface area contributed by atoms with Crippen molar-refractivity contribution in [2.75, 3.05) is 25.4 Å². The summed E-state index contributed by atoms with van der Waals surface area (Å²) in [5, 5.41) is 3.29. The van der Waals surface area contributed by atoms with Crippen LogP contribution in [0.3, 0.4) is 0 Å². The largest absolute Gasteiger partial charge is 0.317 e. The van der Waals surface area contributed by atoms with E-state index in [0.717, 1.165) is 32.4 Å². The zero-order valence-corrected chi connectivity index (χ0v) is 13.1. The quantitative estimate of drug-likeness (QED) is 0.607. The van der Waals surface area contributed by atoms with Crippen LogP contribution in [0, 0.1) is 5.92 Å². The fourth-order valence-corrected chi connectivity index (χ4v) is 3.77. The number of nitrogens with one attached hydrogen (secondary N) is 2. The molecule has 5 heteroatoms. The van der Waals surface area contributed by atoms with Crippen LogP contribution >= 0.6 is 0 Å². The van der Waals surface area contributed by atoms with E-state index in [0.29, 0.717) is 12.5 Å². The van der Waals surface area contributed by atoms with Crippen molar-refractivity contribution < 1.29 is 8.42 Å². The summed E-state index contributed by atoms with van der Waals surface area (Å²) in [6.45, 7) is 4.72. The first-order valence-corrected chi connectivity index (χ1v) is 9.47. The van der Waals surface area contributed by atoms with E-state index < -0.39 is 10.0 Å². The molecule has 0 spiro atoms. The van der Waals surface area contributed by atoms with Crippen LogP contribution in [0.4, 0.5) is 0 Å². The predicted molar refractivity (Wildman–Crippen MR) is 80.8 cm³/mol. The standard InChI is InChI=1S/C14H30N2O2S/c1-2-10-15-11-6-7-12-19(17,18)16-13-14-8-4-3-5-9-14/h14-16H,2-13H2,1H3. The molecule has 0 aromatic carbocycles. The molecular formula is C14H30N2O2S. The van der Waals surface area contributed by atoms with Gasteiger partial charge in [-0.05, 0) is 51.1 Å².